The molecule has 0 aromatic heterocycles. The fraction of sp³-hybridized carbons (Fsp3) is 0.368. The van der Waals surface area contributed by atoms with Crippen molar-refractivity contribution in [3.05, 3.63) is 48.0 Å². The third-order valence-electron chi connectivity index (χ3n) is 3.70. The van der Waals surface area contributed by atoms with Crippen LogP contribution in [0.2, 0.25) is 0 Å². The first-order valence-corrected chi connectivity index (χ1v) is 8.53. The molecule has 0 fully saturated rings. The number of carbonyl (C=O) groups is 2. The van der Waals surface area contributed by atoms with E-state index in [1.807, 2.05) is 30.3 Å². The fourth-order valence-corrected chi connectivity index (χ4v) is 2.40. The van der Waals surface area contributed by atoms with Gasteiger partial charge in [0, 0.05) is 31.7 Å². The van der Waals surface area contributed by atoms with Crippen LogP contribution in [0.25, 0.3) is 10.8 Å². The van der Waals surface area contributed by atoms with Crippen LogP contribution < -0.4 is 10.6 Å². The predicted molar refractivity (Wildman–Crippen MR) is 95.4 cm³/mol. The normalized spacial score (nSPS) is 11.4. The van der Waals surface area contributed by atoms with E-state index >= 15 is 0 Å². The maximum atomic E-state index is 12.1. The Morgan fingerprint density at radius 2 is 1.70 bits per heavy atom. The van der Waals surface area contributed by atoms with Gasteiger partial charge >= 0.3 is 6.18 Å². The van der Waals surface area contributed by atoms with Crippen LogP contribution in [0.3, 0.4) is 0 Å². The molecule has 0 unspecified atom stereocenters. The summed E-state index contributed by atoms with van der Waals surface area (Å²) in [4.78, 5) is 23.8. The molecule has 2 amide bonds. The zero-order valence-corrected chi connectivity index (χ0v) is 14.6. The standard InChI is InChI=1S/C19H21F3N2O3/c20-19(21,22)13-27-11-3-9-23-17(25)8-10-24-18(26)16-7-6-14-4-1-2-5-15(14)12-16/h1-2,4-7,12H,3,8-11,13H2,(H,23,25)(H,24,26). The molecule has 0 heterocycles. The summed E-state index contributed by atoms with van der Waals surface area (Å²) in [6.07, 6.45) is -3.97. The van der Waals surface area contributed by atoms with Crippen LogP contribution in [-0.2, 0) is 9.53 Å². The van der Waals surface area contributed by atoms with Crippen LogP contribution in [0.5, 0.6) is 0 Å². The van der Waals surface area contributed by atoms with Gasteiger partial charge < -0.3 is 15.4 Å². The Morgan fingerprint density at radius 1 is 0.963 bits per heavy atom. The van der Waals surface area contributed by atoms with E-state index in [-0.39, 0.29) is 44.4 Å². The van der Waals surface area contributed by atoms with E-state index in [4.69, 9.17) is 0 Å². The van der Waals surface area contributed by atoms with E-state index in [0.717, 1.165) is 10.8 Å². The summed E-state index contributed by atoms with van der Waals surface area (Å²) >= 11 is 0. The number of ether oxygens (including phenoxy) is 1. The van der Waals surface area contributed by atoms with Crippen molar-refractivity contribution in [2.45, 2.75) is 19.0 Å². The second-order valence-electron chi connectivity index (χ2n) is 5.94. The number of hydrogen-bond acceptors (Lipinski definition) is 3. The Hall–Kier alpha value is -2.61. The highest BCUT2D eigenvalue weighted by molar-refractivity contribution is 5.98. The van der Waals surface area contributed by atoms with Crippen LogP contribution in [0.1, 0.15) is 23.2 Å². The Balaban J connectivity index is 1.62. The van der Waals surface area contributed by atoms with E-state index in [2.05, 4.69) is 15.4 Å². The summed E-state index contributed by atoms with van der Waals surface area (Å²) in [7, 11) is 0. The summed E-state index contributed by atoms with van der Waals surface area (Å²) in [5.41, 5.74) is 0.510. The molecule has 146 valence electrons. The van der Waals surface area contributed by atoms with E-state index in [1.165, 1.54) is 0 Å². The van der Waals surface area contributed by atoms with Gasteiger partial charge in [-0.15, -0.1) is 0 Å². The van der Waals surface area contributed by atoms with Crippen LogP contribution in [-0.4, -0.2) is 44.3 Å². The maximum Gasteiger partial charge on any atom is 0.411 e. The molecule has 2 rings (SSSR count). The third kappa shape index (κ3) is 7.65. The number of fused-ring (bicyclic) bond motifs is 1. The molecule has 0 bridgehead atoms. The highest BCUT2D eigenvalue weighted by Crippen LogP contribution is 2.15. The zero-order valence-electron chi connectivity index (χ0n) is 14.6. The van der Waals surface area contributed by atoms with Crippen LogP contribution in [0.15, 0.2) is 42.5 Å². The smallest absolute Gasteiger partial charge is 0.372 e. The number of benzene rings is 2. The first-order valence-electron chi connectivity index (χ1n) is 8.53. The Labute approximate surface area is 154 Å². The third-order valence-corrected chi connectivity index (χ3v) is 3.70. The molecule has 2 aromatic rings. The molecule has 0 saturated carbocycles. The van der Waals surface area contributed by atoms with Crippen molar-refractivity contribution in [2.24, 2.45) is 0 Å². The molecule has 0 aliphatic rings. The van der Waals surface area contributed by atoms with Gasteiger partial charge in [0.15, 0.2) is 0 Å². The zero-order chi connectivity index (χ0) is 19.7. The van der Waals surface area contributed by atoms with E-state index in [1.54, 1.807) is 12.1 Å². The second kappa shape index (κ2) is 9.91. The predicted octanol–water partition coefficient (Wildman–Crippen LogP) is 3.04. The maximum absolute atomic E-state index is 12.1. The van der Waals surface area contributed by atoms with Crippen molar-refractivity contribution >= 4 is 22.6 Å². The molecule has 0 aliphatic carbocycles. The van der Waals surface area contributed by atoms with Crippen molar-refractivity contribution in [2.75, 3.05) is 26.3 Å². The Morgan fingerprint density at radius 3 is 2.44 bits per heavy atom. The van der Waals surface area contributed by atoms with Crippen molar-refractivity contribution in [1.29, 1.82) is 0 Å². The van der Waals surface area contributed by atoms with Gasteiger partial charge in [-0.1, -0.05) is 30.3 Å². The van der Waals surface area contributed by atoms with Crippen LogP contribution in [0.4, 0.5) is 13.2 Å². The number of carbonyl (C=O) groups excluding carboxylic acids is 2. The number of rotatable bonds is 9. The molecule has 5 nitrogen and oxygen atoms in total. The van der Waals surface area contributed by atoms with Gasteiger partial charge in [0.2, 0.25) is 5.91 Å². The van der Waals surface area contributed by atoms with E-state index < -0.39 is 12.8 Å². The molecule has 2 N–H and O–H groups in total. The SMILES string of the molecule is O=C(CCNC(=O)c1ccc2ccccc2c1)NCCCOCC(F)(F)F. The molecular weight excluding hydrogens is 361 g/mol. The molecular formula is C19H21F3N2O3. The summed E-state index contributed by atoms with van der Waals surface area (Å²) in [5, 5.41) is 7.23. The summed E-state index contributed by atoms with van der Waals surface area (Å²) < 4.78 is 40.0. The highest BCUT2D eigenvalue weighted by atomic mass is 19.4. The highest BCUT2D eigenvalue weighted by Gasteiger charge is 2.27. The van der Waals surface area contributed by atoms with Gasteiger partial charge in [-0.3, -0.25) is 9.59 Å². The van der Waals surface area contributed by atoms with Crippen LogP contribution >= 0.6 is 0 Å². The van der Waals surface area contributed by atoms with Gasteiger partial charge in [-0.25, -0.2) is 0 Å². The average Bonchev–Trinajstić information content (AvgIpc) is 2.63. The topological polar surface area (TPSA) is 67.4 Å². The fourth-order valence-electron chi connectivity index (χ4n) is 2.40. The monoisotopic (exact) mass is 382 g/mol. The van der Waals surface area contributed by atoms with E-state index in [9.17, 15) is 22.8 Å². The lowest BCUT2D eigenvalue weighted by Gasteiger charge is -2.09. The van der Waals surface area contributed by atoms with Crippen molar-refractivity contribution in [3.63, 3.8) is 0 Å². The summed E-state index contributed by atoms with van der Waals surface area (Å²) in [6, 6.07) is 13.0. The molecule has 2 aromatic carbocycles. The van der Waals surface area contributed by atoms with Gasteiger partial charge in [0.25, 0.3) is 5.91 Å². The quantitative estimate of drug-likeness (QED) is 0.655. The summed E-state index contributed by atoms with van der Waals surface area (Å²) in [6.45, 7) is -0.988. The Bertz CT molecular complexity index is 778. The minimum Gasteiger partial charge on any atom is -0.372 e. The number of alkyl halides is 3. The number of halogens is 3. The van der Waals surface area contributed by atoms with Gasteiger partial charge in [-0.2, -0.15) is 13.2 Å². The Kier molecular flexibility index (Phi) is 7.60. The van der Waals surface area contributed by atoms with Crippen LogP contribution in [0, 0.1) is 0 Å². The molecule has 0 aliphatic heterocycles. The molecule has 0 spiro atoms. The second-order valence-corrected chi connectivity index (χ2v) is 5.94. The van der Waals surface area contributed by atoms with E-state index in [0.29, 0.717) is 5.56 Å². The lowest BCUT2D eigenvalue weighted by molar-refractivity contribution is -0.174. The first-order chi connectivity index (χ1) is 12.8. The lowest BCUT2D eigenvalue weighted by Crippen LogP contribution is -2.31. The van der Waals surface area contributed by atoms with Gasteiger partial charge in [0.1, 0.15) is 6.61 Å². The lowest BCUT2D eigenvalue weighted by atomic mass is 10.1. The minimum atomic E-state index is -4.34. The molecule has 27 heavy (non-hydrogen) atoms. The number of amides is 2. The number of hydrogen-bond donors (Lipinski definition) is 2. The van der Waals surface area contributed by atoms with Crippen molar-refractivity contribution < 1.29 is 27.5 Å². The minimum absolute atomic E-state index is 0.0848. The average molecular weight is 382 g/mol. The first kappa shape index (κ1) is 20.7. The van der Waals surface area contributed by atoms with Crippen molar-refractivity contribution in [1.82, 2.24) is 10.6 Å². The largest absolute Gasteiger partial charge is 0.411 e. The summed E-state index contributed by atoms with van der Waals surface area (Å²) in [5.74, 6) is -0.557. The number of nitrogens with one attached hydrogen (secondary N) is 2. The molecule has 0 radical (unpaired) electrons. The molecule has 0 atom stereocenters. The van der Waals surface area contributed by atoms with Gasteiger partial charge in [0.05, 0.1) is 0 Å². The molecule has 0 saturated heterocycles. The van der Waals surface area contributed by atoms with Gasteiger partial charge in [-0.05, 0) is 29.3 Å². The van der Waals surface area contributed by atoms with Crippen molar-refractivity contribution in [3.8, 4) is 0 Å². The molecule has 8 heteroatoms.